The zero-order chi connectivity index (χ0) is 13.2. The van der Waals surface area contributed by atoms with Crippen molar-refractivity contribution < 1.29 is 14.7 Å². The quantitative estimate of drug-likeness (QED) is 0.804. The van der Waals surface area contributed by atoms with Crippen molar-refractivity contribution in [3.8, 4) is 0 Å². The molecular formula is C13H22N2O3. The minimum Gasteiger partial charge on any atom is -0.481 e. The lowest BCUT2D eigenvalue weighted by Crippen LogP contribution is -2.51. The van der Waals surface area contributed by atoms with Gasteiger partial charge in [-0.2, -0.15) is 0 Å². The second-order valence-corrected chi connectivity index (χ2v) is 5.65. The van der Waals surface area contributed by atoms with E-state index >= 15 is 0 Å². The molecule has 2 amide bonds. The van der Waals surface area contributed by atoms with Crippen LogP contribution in [0.4, 0.5) is 4.79 Å². The number of urea groups is 1. The molecule has 0 aromatic heterocycles. The zero-order valence-electron chi connectivity index (χ0n) is 10.9. The van der Waals surface area contributed by atoms with E-state index in [0.717, 1.165) is 19.3 Å². The van der Waals surface area contributed by atoms with Gasteiger partial charge in [-0.25, -0.2) is 4.79 Å². The van der Waals surface area contributed by atoms with Crippen LogP contribution in [0, 0.1) is 5.41 Å². The van der Waals surface area contributed by atoms with Crippen molar-refractivity contribution in [2.45, 2.75) is 51.0 Å². The van der Waals surface area contributed by atoms with E-state index in [2.05, 4.69) is 5.32 Å². The van der Waals surface area contributed by atoms with Crippen LogP contribution in [0.1, 0.15) is 44.9 Å². The molecule has 0 spiro atoms. The lowest BCUT2D eigenvalue weighted by atomic mass is 9.69. The van der Waals surface area contributed by atoms with Crippen molar-refractivity contribution in [1.29, 1.82) is 0 Å². The van der Waals surface area contributed by atoms with Crippen LogP contribution >= 0.6 is 0 Å². The Hall–Kier alpha value is -1.26. The van der Waals surface area contributed by atoms with E-state index in [0.29, 0.717) is 18.9 Å². The molecule has 0 bridgehead atoms. The fraction of sp³-hybridized carbons (Fsp3) is 0.846. The molecule has 0 aromatic carbocycles. The first-order valence-electron chi connectivity index (χ1n) is 6.79. The Morgan fingerprint density at radius 3 is 2.33 bits per heavy atom. The van der Waals surface area contributed by atoms with Gasteiger partial charge in [0.15, 0.2) is 0 Å². The Balaban J connectivity index is 1.82. The van der Waals surface area contributed by atoms with Crippen LogP contribution < -0.4 is 5.32 Å². The van der Waals surface area contributed by atoms with Crippen molar-refractivity contribution in [2.24, 2.45) is 5.41 Å². The van der Waals surface area contributed by atoms with Crippen LogP contribution in [0.2, 0.25) is 0 Å². The minimum atomic E-state index is -0.780. The Bertz CT molecular complexity index is 333. The summed E-state index contributed by atoms with van der Waals surface area (Å²) in [5, 5.41) is 12.0. The summed E-state index contributed by atoms with van der Waals surface area (Å²) in [6.07, 6.45) is 6.79. The smallest absolute Gasteiger partial charge is 0.317 e. The van der Waals surface area contributed by atoms with Gasteiger partial charge in [0.25, 0.3) is 0 Å². The van der Waals surface area contributed by atoms with Gasteiger partial charge in [-0.3, -0.25) is 4.79 Å². The van der Waals surface area contributed by atoms with Gasteiger partial charge in [-0.05, 0) is 25.7 Å². The maximum atomic E-state index is 12.0. The molecule has 0 aliphatic heterocycles. The Labute approximate surface area is 108 Å². The highest BCUT2D eigenvalue weighted by atomic mass is 16.4. The molecule has 0 unspecified atom stereocenters. The molecule has 0 heterocycles. The average molecular weight is 254 g/mol. The van der Waals surface area contributed by atoms with Gasteiger partial charge in [-0.1, -0.05) is 19.3 Å². The number of nitrogens with one attached hydrogen (secondary N) is 1. The van der Waals surface area contributed by atoms with E-state index < -0.39 is 11.4 Å². The summed E-state index contributed by atoms with van der Waals surface area (Å²) in [4.78, 5) is 24.9. The Morgan fingerprint density at radius 2 is 1.89 bits per heavy atom. The van der Waals surface area contributed by atoms with Crippen LogP contribution in [-0.2, 0) is 4.79 Å². The van der Waals surface area contributed by atoms with Crippen LogP contribution in [0.15, 0.2) is 0 Å². The first kappa shape index (κ1) is 13.2. The lowest BCUT2D eigenvalue weighted by molar-refractivity contribution is -0.153. The fourth-order valence-electron chi connectivity index (χ4n) is 2.90. The number of hydrogen-bond acceptors (Lipinski definition) is 2. The minimum absolute atomic E-state index is 0.130. The molecule has 0 aromatic rings. The molecule has 18 heavy (non-hydrogen) atoms. The van der Waals surface area contributed by atoms with Crippen molar-refractivity contribution in [3.63, 3.8) is 0 Å². The standard InChI is InChI=1S/C13H22N2O3/c1-15(10-5-2-3-6-10)12(18)14-9-13(11(16)17)7-4-8-13/h10H,2-9H2,1H3,(H,14,18)(H,16,17). The number of carbonyl (C=O) groups excluding carboxylic acids is 1. The van der Waals surface area contributed by atoms with E-state index in [1.807, 2.05) is 0 Å². The number of hydrogen-bond donors (Lipinski definition) is 2. The topological polar surface area (TPSA) is 69.6 Å². The molecule has 2 saturated carbocycles. The van der Waals surface area contributed by atoms with Gasteiger partial charge in [0, 0.05) is 19.6 Å². The average Bonchev–Trinajstić information content (AvgIpc) is 2.79. The molecule has 0 atom stereocenters. The van der Waals surface area contributed by atoms with Crippen LogP contribution in [0.3, 0.4) is 0 Å². The van der Waals surface area contributed by atoms with Crippen molar-refractivity contribution in [1.82, 2.24) is 10.2 Å². The molecule has 5 heteroatoms. The predicted molar refractivity (Wildman–Crippen MR) is 67.3 cm³/mol. The van der Waals surface area contributed by atoms with Crippen LogP contribution in [0.5, 0.6) is 0 Å². The molecule has 2 rings (SSSR count). The number of carboxylic acid groups (broad SMARTS) is 1. The molecule has 2 aliphatic rings. The molecule has 2 aliphatic carbocycles. The van der Waals surface area contributed by atoms with E-state index in [-0.39, 0.29) is 12.6 Å². The van der Waals surface area contributed by atoms with E-state index in [1.165, 1.54) is 12.8 Å². The van der Waals surface area contributed by atoms with Crippen molar-refractivity contribution >= 4 is 12.0 Å². The summed E-state index contributed by atoms with van der Waals surface area (Å²) < 4.78 is 0. The largest absolute Gasteiger partial charge is 0.481 e. The molecule has 2 N–H and O–H groups in total. The monoisotopic (exact) mass is 254 g/mol. The van der Waals surface area contributed by atoms with E-state index in [4.69, 9.17) is 0 Å². The van der Waals surface area contributed by atoms with Gasteiger partial charge >= 0.3 is 12.0 Å². The maximum absolute atomic E-state index is 12.0. The molecular weight excluding hydrogens is 232 g/mol. The maximum Gasteiger partial charge on any atom is 0.317 e. The normalized spacial score (nSPS) is 22.3. The van der Waals surface area contributed by atoms with Crippen LogP contribution in [-0.4, -0.2) is 41.6 Å². The summed E-state index contributed by atoms with van der Waals surface area (Å²) in [7, 11) is 1.81. The first-order valence-corrected chi connectivity index (χ1v) is 6.79. The number of rotatable bonds is 4. The van der Waals surface area contributed by atoms with Gasteiger partial charge < -0.3 is 15.3 Å². The Morgan fingerprint density at radius 1 is 1.28 bits per heavy atom. The molecule has 5 nitrogen and oxygen atoms in total. The van der Waals surface area contributed by atoms with Gasteiger partial charge in [-0.15, -0.1) is 0 Å². The third-order valence-corrected chi connectivity index (χ3v) is 4.54. The second-order valence-electron chi connectivity index (χ2n) is 5.65. The first-order chi connectivity index (χ1) is 8.55. The molecule has 2 fully saturated rings. The third-order valence-electron chi connectivity index (χ3n) is 4.54. The number of nitrogens with zero attached hydrogens (tertiary/aromatic N) is 1. The summed E-state index contributed by atoms with van der Waals surface area (Å²) in [6.45, 7) is 0.262. The van der Waals surface area contributed by atoms with E-state index in [1.54, 1.807) is 11.9 Å². The molecule has 0 radical (unpaired) electrons. The fourth-order valence-corrected chi connectivity index (χ4v) is 2.90. The van der Waals surface area contributed by atoms with E-state index in [9.17, 15) is 14.7 Å². The summed E-state index contributed by atoms with van der Waals surface area (Å²) in [5.41, 5.74) is -0.702. The summed E-state index contributed by atoms with van der Waals surface area (Å²) >= 11 is 0. The lowest BCUT2D eigenvalue weighted by Gasteiger charge is -2.38. The second kappa shape index (κ2) is 5.16. The third kappa shape index (κ3) is 2.44. The Kier molecular flexibility index (Phi) is 3.78. The van der Waals surface area contributed by atoms with Gasteiger partial charge in [0.05, 0.1) is 5.41 Å². The highest BCUT2D eigenvalue weighted by Gasteiger charge is 2.44. The van der Waals surface area contributed by atoms with Crippen molar-refractivity contribution in [3.05, 3.63) is 0 Å². The zero-order valence-corrected chi connectivity index (χ0v) is 10.9. The highest BCUT2D eigenvalue weighted by molar-refractivity contribution is 5.79. The highest BCUT2D eigenvalue weighted by Crippen LogP contribution is 2.40. The predicted octanol–water partition coefficient (Wildman–Crippen LogP) is 1.83. The van der Waals surface area contributed by atoms with Gasteiger partial charge in [0.2, 0.25) is 0 Å². The molecule has 102 valence electrons. The number of aliphatic carboxylic acids is 1. The van der Waals surface area contributed by atoms with Crippen LogP contribution in [0.25, 0.3) is 0 Å². The van der Waals surface area contributed by atoms with Gasteiger partial charge in [0.1, 0.15) is 0 Å². The van der Waals surface area contributed by atoms with Crippen molar-refractivity contribution in [2.75, 3.05) is 13.6 Å². The molecule has 0 saturated heterocycles. The summed E-state index contributed by atoms with van der Waals surface area (Å²) in [6, 6.07) is 0.196. The number of carboxylic acids is 1. The summed E-state index contributed by atoms with van der Waals surface area (Å²) in [5.74, 6) is -0.780. The number of amides is 2. The number of carbonyl (C=O) groups is 2. The SMILES string of the molecule is CN(C(=O)NCC1(C(=O)O)CCC1)C1CCCC1.